The lowest BCUT2D eigenvalue weighted by Gasteiger charge is -2.40. The van der Waals surface area contributed by atoms with Crippen molar-refractivity contribution in [1.29, 1.82) is 0 Å². The minimum atomic E-state index is -1.50. The van der Waals surface area contributed by atoms with Crippen LogP contribution in [-0.4, -0.2) is 63.6 Å². The van der Waals surface area contributed by atoms with Crippen molar-refractivity contribution in [3.05, 3.63) is 12.7 Å². The van der Waals surface area contributed by atoms with Crippen LogP contribution in [0.25, 0.3) is 0 Å². The zero-order valence-electron chi connectivity index (χ0n) is 8.48. The highest BCUT2D eigenvalue weighted by Crippen LogP contribution is 2.19. The summed E-state index contributed by atoms with van der Waals surface area (Å²) in [7, 11) is 0. The molecule has 5 N–H and O–H groups in total. The van der Waals surface area contributed by atoms with Crippen LogP contribution < -0.4 is 5.32 Å². The van der Waals surface area contributed by atoms with Gasteiger partial charge >= 0.3 is 0 Å². The van der Waals surface area contributed by atoms with E-state index >= 15 is 0 Å². The van der Waals surface area contributed by atoms with E-state index in [1.165, 1.54) is 0 Å². The zero-order chi connectivity index (χ0) is 12.3. The Labute approximate surface area is 92.0 Å². The maximum absolute atomic E-state index is 11.0. The maximum Gasteiger partial charge on any atom is 0.243 e. The molecular formula is C9H15NO6. The second-order valence-corrected chi connectivity index (χ2v) is 3.47. The molecule has 1 rings (SSSR count). The van der Waals surface area contributed by atoms with Gasteiger partial charge < -0.3 is 30.5 Å². The molecule has 0 radical (unpaired) electrons. The normalized spacial score (nSPS) is 39.1. The van der Waals surface area contributed by atoms with E-state index in [1.54, 1.807) is 0 Å². The number of aliphatic hydroxyl groups is 4. The third-order valence-electron chi connectivity index (χ3n) is 2.39. The number of hydrogen-bond donors (Lipinski definition) is 5. The summed E-state index contributed by atoms with van der Waals surface area (Å²) in [6.45, 7) is 2.66. The highest BCUT2D eigenvalue weighted by Gasteiger charge is 2.43. The first-order chi connectivity index (χ1) is 7.51. The van der Waals surface area contributed by atoms with E-state index in [4.69, 9.17) is 9.84 Å². The summed E-state index contributed by atoms with van der Waals surface area (Å²) in [5, 5.41) is 39.6. The van der Waals surface area contributed by atoms with E-state index in [0.717, 1.165) is 6.08 Å². The van der Waals surface area contributed by atoms with E-state index in [2.05, 4.69) is 11.9 Å². The number of amides is 1. The quantitative estimate of drug-likeness (QED) is 0.333. The van der Waals surface area contributed by atoms with E-state index in [0.29, 0.717) is 0 Å². The topological polar surface area (TPSA) is 119 Å². The van der Waals surface area contributed by atoms with Crippen molar-refractivity contribution in [2.45, 2.75) is 30.6 Å². The molecule has 92 valence electrons. The summed E-state index contributed by atoms with van der Waals surface area (Å²) in [4.78, 5) is 11.0. The monoisotopic (exact) mass is 233 g/mol. The lowest BCUT2D eigenvalue weighted by Crippen LogP contribution is -2.64. The first-order valence-electron chi connectivity index (χ1n) is 4.74. The average molecular weight is 233 g/mol. The van der Waals surface area contributed by atoms with Crippen LogP contribution in [0, 0.1) is 0 Å². The van der Waals surface area contributed by atoms with Crippen molar-refractivity contribution in [3.8, 4) is 0 Å². The Balaban J connectivity index is 2.71. The smallest absolute Gasteiger partial charge is 0.243 e. The largest absolute Gasteiger partial charge is 0.394 e. The van der Waals surface area contributed by atoms with E-state index in [-0.39, 0.29) is 0 Å². The second-order valence-electron chi connectivity index (χ2n) is 3.47. The second kappa shape index (κ2) is 5.37. The molecule has 16 heavy (non-hydrogen) atoms. The molecule has 1 aliphatic heterocycles. The van der Waals surface area contributed by atoms with Crippen LogP contribution >= 0.6 is 0 Å². The third-order valence-corrected chi connectivity index (χ3v) is 2.39. The SMILES string of the molecule is C=CC(=O)N[C@H]1C(O)O[C@H](CO)[C@@H](O)[C@@H]1O. The predicted molar refractivity (Wildman–Crippen MR) is 52.1 cm³/mol. The fourth-order valence-electron chi connectivity index (χ4n) is 1.48. The summed E-state index contributed by atoms with van der Waals surface area (Å²) in [6.07, 6.45) is -4.43. The maximum atomic E-state index is 11.0. The average Bonchev–Trinajstić information content (AvgIpc) is 2.28. The van der Waals surface area contributed by atoms with Crippen molar-refractivity contribution >= 4 is 5.91 Å². The zero-order valence-corrected chi connectivity index (χ0v) is 8.48. The number of rotatable bonds is 3. The van der Waals surface area contributed by atoms with Crippen molar-refractivity contribution in [1.82, 2.24) is 5.32 Å². The van der Waals surface area contributed by atoms with Gasteiger partial charge in [-0.05, 0) is 6.08 Å². The molecule has 5 atom stereocenters. The van der Waals surface area contributed by atoms with Crippen molar-refractivity contribution in [2.75, 3.05) is 6.61 Å². The van der Waals surface area contributed by atoms with Crippen LogP contribution in [0.15, 0.2) is 12.7 Å². The standard InChI is InChI=1S/C9H15NO6/c1-2-5(12)10-6-8(14)7(13)4(3-11)16-9(6)15/h2,4,6-9,11,13-15H,1,3H2,(H,10,12)/t4-,6-,7-,8-,9?/m1/s1. The van der Waals surface area contributed by atoms with Gasteiger partial charge in [0.1, 0.15) is 24.4 Å². The third kappa shape index (κ3) is 2.57. The fraction of sp³-hybridized carbons (Fsp3) is 0.667. The molecule has 7 nitrogen and oxygen atoms in total. The molecule has 1 unspecified atom stereocenters. The van der Waals surface area contributed by atoms with Crippen molar-refractivity contribution in [2.24, 2.45) is 0 Å². The molecule has 1 aliphatic rings. The lowest BCUT2D eigenvalue weighted by molar-refractivity contribution is -0.253. The summed E-state index contributed by atoms with van der Waals surface area (Å²) in [6, 6.07) is -1.16. The Bertz CT molecular complexity index is 271. The molecule has 7 heteroatoms. The summed E-state index contributed by atoms with van der Waals surface area (Å²) in [5.41, 5.74) is 0. The van der Waals surface area contributed by atoms with Gasteiger partial charge in [-0.3, -0.25) is 4.79 Å². The molecule has 0 saturated carbocycles. The molecule has 1 heterocycles. The van der Waals surface area contributed by atoms with Crippen molar-refractivity contribution < 1.29 is 30.0 Å². The molecule has 0 aliphatic carbocycles. The Morgan fingerprint density at radius 1 is 1.38 bits per heavy atom. The van der Waals surface area contributed by atoms with Gasteiger partial charge in [-0.2, -0.15) is 0 Å². The molecule has 0 aromatic rings. The molecule has 0 bridgehead atoms. The predicted octanol–water partition coefficient (Wildman–Crippen LogP) is -2.91. The molecule has 0 spiro atoms. The van der Waals surface area contributed by atoms with Gasteiger partial charge in [-0.25, -0.2) is 0 Å². The van der Waals surface area contributed by atoms with Crippen LogP contribution in [0.1, 0.15) is 0 Å². The van der Waals surface area contributed by atoms with Crippen LogP contribution in [0.5, 0.6) is 0 Å². The van der Waals surface area contributed by atoms with Gasteiger partial charge in [0.2, 0.25) is 5.91 Å². The number of carbonyl (C=O) groups excluding carboxylic acids is 1. The number of nitrogens with one attached hydrogen (secondary N) is 1. The first kappa shape index (κ1) is 13.1. The van der Waals surface area contributed by atoms with Gasteiger partial charge in [0.25, 0.3) is 0 Å². The van der Waals surface area contributed by atoms with E-state index in [9.17, 15) is 20.1 Å². The Morgan fingerprint density at radius 3 is 2.50 bits per heavy atom. The molecule has 1 saturated heterocycles. The fourth-order valence-corrected chi connectivity index (χ4v) is 1.48. The molecule has 1 fully saturated rings. The van der Waals surface area contributed by atoms with Crippen LogP contribution in [0.2, 0.25) is 0 Å². The van der Waals surface area contributed by atoms with E-state index < -0.39 is 43.2 Å². The van der Waals surface area contributed by atoms with Crippen molar-refractivity contribution in [3.63, 3.8) is 0 Å². The van der Waals surface area contributed by atoms with Gasteiger partial charge in [0, 0.05) is 0 Å². The summed E-state index contributed by atoms with van der Waals surface area (Å²) in [5.74, 6) is -0.610. The number of ether oxygens (including phenoxy) is 1. The highest BCUT2D eigenvalue weighted by molar-refractivity contribution is 5.87. The Morgan fingerprint density at radius 2 is 2.00 bits per heavy atom. The van der Waals surface area contributed by atoms with Gasteiger partial charge in [-0.15, -0.1) is 0 Å². The molecule has 1 amide bonds. The molecular weight excluding hydrogens is 218 g/mol. The van der Waals surface area contributed by atoms with Crippen LogP contribution in [0.4, 0.5) is 0 Å². The summed E-state index contributed by atoms with van der Waals surface area (Å²) >= 11 is 0. The Kier molecular flexibility index (Phi) is 4.39. The number of aliphatic hydroxyl groups excluding tert-OH is 4. The summed E-state index contributed by atoms with van der Waals surface area (Å²) < 4.78 is 4.82. The highest BCUT2D eigenvalue weighted by atomic mass is 16.6. The molecule has 0 aromatic carbocycles. The first-order valence-corrected chi connectivity index (χ1v) is 4.74. The molecule has 0 aromatic heterocycles. The van der Waals surface area contributed by atoms with E-state index in [1.807, 2.05) is 0 Å². The van der Waals surface area contributed by atoms with Gasteiger partial charge in [0.15, 0.2) is 6.29 Å². The van der Waals surface area contributed by atoms with Crippen LogP contribution in [-0.2, 0) is 9.53 Å². The lowest BCUT2D eigenvalue weighted by atomic mass is 9.97. The number of carbonyl (C=O) groups is 1. The Hall–Kier alpha value is -0.990. The van der Waals surface area contributed by atoms with Gasteiger partial charge in [0.05, 0.1) is 6.61 Å². The minimum Gasteiger partial charge on any atom is -0.394 e. The number of hydrogen-bond acceptors (Lipinski definition) is 6. The minimum absolute atomic E-state index is 0.544. The van der Waals surface area contributed by atoms with Gasteiger partial charge in [-0.1, -0.05) is 6.58 Å². The van der Waals surface area contributed by atoms with Crippen LogP contribution in [0.3, 0.4) is 0 Å².